The van der Waals surface area contributed by atoms with Crippen LogP contribution in [0.5, 0.6) is 0 Å². The first-order valence-corrected chi connectivity index (χ1v) is 5.72. The maximum Gasteiger partial charge on any atom is 0.0430 e. The summed E-state index contributed by atoms with van der Waals surface area (Å²) < 4.78 is 0. The monoisotopic (exact) mass is 186 g/mol. The van der Waals surface area contributed by atoms with Crippen LogP contribution in [0.15, 0.2) is 0 Å². The summed E-state index contributed by atoms with van der Waals surface area (Å²) in [5, 5.41) is 8.07. The highest BCUT2D eigenvalue weighted by molar-refractivity contribution is 4.74. The molecule has 0 radical (unpaired) electrons. The molecule has 80 valence electrons. The van der Waals surface area contributed by atoms with Gasteiger partial charge in [-0.3, -0.25) is 0 Å². The summed E-state index contributed by atoms with van der Waals surface area (Å²) >= 11 is 0. The quantitative estimate of drug-likeness (QED) is 0.700. The average Bonchev–Trinajstić information content (AvgIpc) is 2.32. The lowest BCUT2D eigenvalue weighted by Crippen LogP contribution is -1.95. The second-order valence-corrected chi connectivity index (χ2v) is 4.61. The van der Waals surface area contributed by atoms with Gasteiger partial charge < -0.3 is 5.11 Å². The van der Waals surface area contributed by atoms with Crippen molar-refractivity contribution in [3.8, 4) is 0 Å². The molecule has 0 aromatic rings. The van der Waals surface area contributed by atoms with Crippen molar-refractivity contribution in [2.24, 2.45) is 17.8 Å². The summed E-state index contributed by atoms with van der Waals surface area (Å²) in [7, 11) is 0. The first-order chi connectivity index (χ1) is 6.11. The van der Waals surface area contributed by atoms with E-state index >= 15 is 0 Å². The van der Waals surface area contributed by atoms with Gasteiger partial charge in [-0.05, 0) is 37.0 Å². The van der Waals surface area contributed by atoms with Crippen molar-refractivity contribution in [3.63, 3.8) is 0 Å². The molecule has 1 N–H and O–H groups in total. The fraction of sp³-hybridized carbons (Fsp3) is 1.00. The highest BCUT2D eigenvalue weighted by atomic mass is 16.2. The Bertz CT molecular complexity index is 99.7. The molecule has 0 spiro atoms. The predicted molar refractivity (Wildman–Crippen MR) is 58.7 cm³/mol. The van der Waals surface area contributed by atoms with Gasteiger partial charge in [0.2, 0.25) is 0 Å². The Morgan fingerprint density at radius 3 is 1.62 bits per heavy atom. The number of hydrogen-bond acceptors (Lipinski definition) is 1. The van der Waals surface area contributed by atoms with E-state index in [-0.39, 0.29) is 0 Å². The highest BCUT2D eigenvalue weighted by Gasteiger charge is 2.24. The molecule has 1 heteroatoms. The van der Waals surface area contributed by atoms with Crippen molar-refractivity contribution in [2.45, 2.75) is 53.4 Å². The van der Waals surface area contributed by atoms with Gasteiger partial charge in [0.1, 0.15) is 0 Å². The third-order valence-electron chi connectivity index (χ3n) is 3.03. The van der Waals surface area contributed by atoms with Gasteiger partial charge in [0.15, 0.2) is 0 Å². The number of unbranched alkanes of at least 4 members (excludes halogenated alkanes) is 1. The average molecular weight is 186 g/mol. The number of aliphatic hydroxyl groups is 1. The van der Waals surface area contributed by atoms with Gasteiger partial charge in [0.25, 0.3) is 0 Å². The van der Waals surface area contributed by atoms with E-state index in [1.54, 1.807) is 0 Å². The van der Waals surface area contributed by atoms with E-state index in [1.807, 2.05) is 0 Å². The van der Waals surface area contributed by atoms with Crippen molar-refractivity contribution < 1.29 is 5.11 Å². The molecule has 1 fully saturated rings. The van der Waals surface area contributed by atoms with Crippen LogP contribution in [-0.4, -0.2) is 11.7 Å². The van der Waals surface area contributed by atoms with Gasteiger partial charge in [0, 0.05) is 6.61 Å². The summed E-state index contributed by atoms with van der Waals surface area (Å²) in [5.74, 6) is 2.98. The maximum absolute atomic E-state index is 8.07. The minimum Gasteiger partial charge on any atom is -0.396 e. The Morgan fingerprint density at radius 2 is 1.54 bits per heavy atom. The second-order valence-electron chi connectivity index (χ2n) is 4.61. The molecule has 1 aliphatic carbocycles. The molecule has 1 aliphatic rings. The number of aliphatic hydroxyl groups excluding tert-OH is 1. The van der Waals surface area contributed by atoms with Crippen LogP contribution in [0.2, 0.25) is 0 Å². The van der Waals surface area contributed by atoms with Crippen molar-refractivity contribution in [1.82, 2.24) is 0 Å². The smallest absolute Gasteiger partial charge is 0.0430 e. The topological polar surface area (TPSA) is 20.2 Å². The molecule has 0 saturated heterocycles. The SMILES string of the molecule is CC1CC(C)[C@@H](C)C1.CCCCO. The first kappa shape index (κ1) is 13.0. The summed E-state index contributed by atoms with van der Waals surface area (Å²) in [4.78, 5) is 0. The molecule has 1 rings (SSSR count). The molecule has 1 saturated carbocycles. The molecule has 0 aromatic carbocycles. The van der Waals surface area contributed by atoms with Gasteiger partial charge in [-0.15, -0.1) is 0 Å². The van der Waals surface area contributed by atoms with Crippen LogP contribution in [0, 0.1) is 17.8 Å². The molecule has 1 nitrogen and oxygen atoms in total. The van der Waals surface area contributed by atoms with Crippen LogP contribution >= 0.6 is 0 Å². The van der Waals surface area contributed by atoms with Crippen molar-refractivity contribution in [2.75, 3.05) is 6.61 Å². The molecular formula is C12H26O. The zero-order chi connectivity index (χ0) is 10.3. The Hall–Kier alpha value is -0.0400. The fourth-order valence-corrected chi connectivity index (χ4v) is 1.99. The van der Waals surface area contributed by atoms with Crippen LogP contribution in [0.3, 0.4) is 0 Å². The molecule has 2 unspecified atom stereocenters. The van der Waals surface area contributed by atoms with Crippen molar-refractivity contribution >= 4 is 0 Å². The van der Waals surface area contributed by atoms with Crippen molar-refractivity contribution in [3.05, 3.63) is 0 Å². The molecule has 0 amide bonds. The minimum absolute atomic E-state index is 0.344. The summed E-state index contributed by atoms with van der Waals surface area (Å²) in [6.45, 7) is 9.50. The van der Waals surface area contributed by atoms with Gasteiger partial charge in [-0.25, -0.2) is 0 Å². The Labute approximate surface area is 83.5 Å². The zero-order valence-corrected chi connectivity index (χ0v) is 9.71. The first-order valence-electron chi connectivity index (χ1n) is 5.72. The summed E-state index contributed by atoms with van der Waals surface area (Å²) in [6.07, 6.45) is 4.96. The van der Waals surface area contributed by atoms with Crippen LogP contribution in [0.1, 0.15) is 53.4 Å². The fourth-order valence-electron chi connectivity index (χ4n) is 1.99. The number of hydrogen-bond donors (Lipinski definition) is 1. The Balaban J connectivity index is 0.000000252. The lowest BCUT2D eigenvalue weighted by molar-refractivity contribution is 0.287. The molecule has 0 bridgehead atoms. The van der Waals surface area contributed by atoms with Crippen LogP contribution < -0.4 is 0 Å². The molecule has 0 aromatic heterocycles. The van der Waals surface area contributed by atoms with Crippen molar-refractivity contribution in [1.29, 1.82) is 0 Å². The standard InChI is InChI=1S/C8H16.C4H10O/c1-6-4-7(2)8(3)5-6;1-2-3-4-5/h6-8H,4-5H2,1-3H3;5H,2-4H2,1H3/t6?,7-,8?;/m0./s1. The van der Waals surface area contributed by atoms with E-state index in [0.29, 0.717) is 6.61 Å². The van der Waals surface area contributed by atoms with Gasteiger partial charge in [-0.1, -0.05) is 34.1 Å². The van der Waals surface area contributed by atoms with Gasteiger partial charge in [0.05, 0.1) is 0 Å². The predicted octanol–water partition coefficient (Wildman–Crippen LogP) is 3.47. The lowest BCUT2D eigenvalue weighted by Gasteiger charge is -2.04. The molecule has 0 heterocycles. The normalized spacial score (nSPS) is 32.5. The van der Waals surface area contributed by atoms with Gasteiger partial charge >= 0.3 is 0 Å². The second kappa shape index (κ2) is 7.37. The van der Waals surface area contributed by atoms with Crippen LogP contribution in [0.4, 0.5) is 0 Å². The third-order valence-corrected chi connectivity index (χ3v) is 3.03. The number of rotatable bonds is 2. The van der Waals surface area contributed by atoms with E-state index in [4.69, 9.17) is 5.11 Å². The molecule has 0 aliphatic heterocycles. The summed E-state index contributed by atoms with van der Waals surface area (Å²) in [5.41, 5.74) is 0. The van der Waals surface area contributed by atoms with Crippen LogP contribution in [-0.2, 0) is 0 Å². The maximum atomic E-state index is 8.07. The minimum atomic E-state index is 0.344. The molecule has 3 atom stereocenters. The van der Waals surface area contributed by atoms with Gasteiger partial charge in [-0.2, -0.15) is 0 Å². The lowest BCUT2D eigenvalue weighted by atomic mass is 10.0. The largest absolute Gasteiger partial charge is 0.396 e. The molecule has 13 heavy (non-hydrogen) atoms. The van der Waals surface area contributed by atoms with E-state index in [0.717, 1.165) is 30.6 Å². The third kappa shape index (κ3) is 6.09. The van der Waals surface area contributed by atoms with E-state index in [1.165, 1.54) is 12.8 Å². The van der Waals surface area contributed by atoms with E-state index < -0.39 is 0 Å². The van der Waals surface area contributed by atoms with E-state index in [2.05, 4.69) is 27.7 Å². The van der Waals surface area contributed by atoms with Crippen LogP contribution in [0.25, 0.3) is 0 Å². The Morgan fingerprint density at radius 1 is 1.08 bits per heavy atom. The Kier molecular flexibility index (Phi) is 7.35. The zero-order valence-electron chi connectivity index (χ0n) is 9.71. The van der Waals surface area contributed by atoms with E-state index in [9.17, 15) is 0 Å². The highest BCUT2D eigenvalue weighted by Crippen LogP contribution is 2.34. The molecular weight excluding hydrogens is 160 g/mol. The summed E-state index contributed by atoms with van der Waals surface area (Å²) in [6, 6.07) is 0.